The summed E-state index contributed by atoms with van der Waals surface area (Å²) in [5.41, 5.74) is 2.39. The number of nitrogens with one attached hydrogen (secondary N) is 2. The number of rotatable bonds is 5. The summed E-state index contributed by atoms with van der Waals surface area (Å²) in [5.74, 6) is 2.76. The zero-order valence-electron chi connectivity index (χ0n) is 14.3. The summed E-state index contributed by atoms with van der Waals surface area (Å²) >= 11 is 7.37. The van der Waals surface area contributed by atoms with Gasteiger partial charge in [-0.2, -0.15) is 0 Å². The van der Waals surface area contributed by atoms with Crippen LogP contribution in [-0.4, -0.2) is 11.2 Å². The van der Waals surface area contributed by atoms with Gasteiger partial charge in [-0.15, -0.1) is 11.8 Å². The molecule has 2 saturated carbocycles. The molecule has 3 atom stereocenters. The van der Waals surface area contributed by atoms with Gasteiger partial charge >= 0.3 is 0 Å². The van der Waals surface area contributed by atoms with E-state index in [4.69, 9.17) is 12.2 Å². The number of anilines is 1. The van der Waals surface area contributed by atoms with Crippen LogP contribution in [0.3, 0.4) is 0 Å². The molecule has 0 amide bonds. The van der Waals surface area contributed by atoms with Crippen LogP contribution in [0.15, 0.2) is 59.5 Å². The molecule has 0 spiro atoms. The average molecular weight is 369 g/mol. The summed E-state index contributed by atoms with van der Waals surface area (Å²) < 4.78 is 0. The highest BCUT2D eigenvalue weighted by Gasteiger charge is 2.39. The van der Waals surface area contributed by atoms with Crippen molar-refractivity contribution >= 4 is 34.8 Å². The van der Waals surface area contributed by atoms with Gasteiger partial charge in [-0.25, -0.2) is 0 Å². The van der Waals surface area contributed by atoms with Crippen molar-refractivity contribution < 1.29 is 0 Å². The fourth-order valence-corrected chi connectivity index (χ4v) is 5.27. The second-order valence-corrected chi connectivity index (χ2v) is 8.64. The first-order valence-corrected chi connectivity index (χ1v) is 10.5. The predicted molar refractivity (Wildman–Crippen MR) is 111 cm³/mol. The van der Waals surface area contributed by atoms with Crippen LogP contribution in [0.4, 0.5) is 5.69 Å². The van der Waals surface area contributed by atoms with Gasteiger partial charge in [0.05, 0.1) is 0 Å². The second-order valence-electron chi connectivity index (χ2n) is 7.18. The highest BCUT2D eigenvalue weighted by molar-refractivity contribution is 7.98. The molecule has 2 bridgehead atoms. The lowest BCUT2D eigenvalue weighted by Crippen LogP contribution is -2.40. The quantitative estimate of drug-likeness (QED) is 0.541. The molecule has 2 N–H and O–H groups in total. The fraction of sp³-hybridized carbons (Fsp3) is 0.381. The van der Waals surface area contributed by atoms with Gasteiger partial charge in [-0.3, -0.25) is 0 Å². The van der Waals surface area contributed by atoms with E-state index in [-0.39, 0.29) is 0 Å². The summed E-state index contributed by atoms with van der Waals surface area (Å²) in [7, 11) is 0. The minimum Gasteiger partial charge on any atom is -0.359 e. The van der Waals surface area contributed by atoms with E-state index in [1.807, 2.05) is 11.8 Å². The summed E-state index contributed by atoms with van der Waals surface area (Å²) in [6, 6.07) is 19.7. The second kappa shape index (κ2) is 7.79. The van der Waals surface area contributed by atoms with Crippen molar-refractivity contribution in [2.24, 2.45) is 11.8 Å². The van der Waals surface area contributed by atoms with E-state index in [2.05, 4.69) is 65.2 Å². The smallest absolute Gasteiger partial charge is 0.171 e. The molecule has 4 rings (SSSR count). The molecule has 0 heterocycles. The van der Waals surface area contributed by atoms with Crippen LogP contribution >= 0.6 is 24.0 Å². The molecule has 2 aromatic rings. The molecule has 2 fully saturated rings. The third-order valence-electron chi connectivity index (χ3n) is 5.42. The third-order valence-corrected chi connectivity index (χ3v) is 6.72. The fourth-order valence-electron chi connectivity index (χ4n) is 4.12. The van der Waals surface area contributed by atoms with Gasteiger partial charge < -0.3 is 10.6 Å². The Labute approximate surface area is 159 Å². The maximum absolute atomic E-state index is 5.51. The zero-order chi connectivity index (χ0) is 17.1. The monoisotopic (exact) mass is 368 g/mol. The van der Waals surface area contributed by atoms with Crippen molar-refractivity contribution in [1.82, 2.24) is 5.32 Å². The lowest BCUT2D eigenvalue weighted by molar-refractivity contribution is 0.392. The predicted octanol–water partition coefficient (Wildman–Crippen LogP) is 5.45. The Morgan fingerprint density at radius 1 is 1.00 bits per heavy atom. The summed E-state index contributed by atoms with van der Waals surface area (Å²) in [5, 5.41) is 7.65. The van der Waals surface area contributed by atoms with Crippen molar-refractivity contribution in [2.45, 2.75) is 42.4 Å². The van der Waals surface area contributed by atoms with Crippen LogP contribution in [0.5, 0.6) is 0 Å². The van der Waals surface area contributed by atoms with Crippen LogP contribution in [0.2, 0.25) is 0 Å². The van der Waals surface area contributed by atoms with E-state index < -0.39 is 0 Å². The molecular weight excluding hydrogens is 344 g/mol. The molecule has 2 aliphatic rings. The number of fused-ring (bicyclic) bond motifs is 2. The standard InChI is InChI=1S/C21H24N2S2/c24-21(23-20-13-16-6-9-17(20)12-16)22-18-10-7-15(8-11-18)14-25-19-4-2-1-3-5-19/h1-5,7-8,10-11,16-17,20H,6,9,12-14H2,(H2,22,23,24)/t16-,17-,20-/m0/s1. The third kappa shape index (κ3) is 4.36. The summed E-state index contributed by atoms with van der Waals surface area (Å²) in [4.78, 5) is 1.31. The van der Waals surface area contributed by atoms with Crippen LogP contribution in [-0.2, 0) is 5.75 Å². The van der Waals surface area contributed by atoms with E-state index in [1.54, 1.807) is 0 Å². The molecule has 0 unspecified atom stereocenters. The van der Waals surface area contributed by atoms with Crippen LogP contribution in [0, 0.1) is 11.8 Å². The Hall–Kier alpha value is -1.52. The van der Waals surface area contributed by atoms with E-state index in [1.165, 1.54) is 36.1 Å². The zero-order valence-corrected chi connectivity index (χ0v) is 15.9. The van der Waals surface area contributed by atoms with Gasteiger partial charge in [0.15, 0.2) is 5.11 Å². The SMILES string of the molecule is S=C(Nc1ccc(CSc2ccccc2)cc1)N[C@H]1C[C@H]2CC[C@H]1C2. The van der Waals surface area contributed by atoms with Crippen molar-refractivity contribution in [3.63, 3.8) is 0 Å². The van der Waals surface area contributed by atoms with Crippen molar-refractivity contribution in [1.29, 1.82) is 0 Å². The molecule has 130 valence electrons. The topological polar surface area (TPSA) is 24.1 Å². The highest BCUT2D eigenvalue weighted by Crippen LogP contribution is 2.44. The first-order valence-electron chi connectivity index (χ1n) is 9.10. The number of hydrogen-bond donors (Lipinski definition) is 2. The summed E-state index contributed by atoms with van der Waals surface area (Å²) in [6.45, 7) is 0. The van der Waals surface area contributed by atoms with Gasteiger partial charge in [0.1, 0.15) is 0 Å². The Balaban J connectivity index is 1.26. The Kier molecular flexibility index (Phi) is 5.28. The van der Waals surface area contributed by atoms with Crippen LogP contribution in [0.1, 0.15) is 31.2 Å². The molecule has 2 aliphatic carbocycles. The van der Waals surface area contributed by atoms with E-state index in [0.29, 0.717) is 6.04 Å². The summed E-state index contributed by atoms with van der Waals surface area (Å²) in [6.07, 6.45) is 5.49. The molecular formula is C21H24N2S2. The lowest BCUT2D eigenvalue weighted by Gasteiger charge is -2.24. The van der Waals surface area contributed by atoms with Gasteiger partial charge in [-0.1, -0.05) is 36.8 Å². The molecule has 2 nitrogen and oxygen atoms in total. The number of thioether (sulfide) groups is 1. The molecule has 0 aliphatic heterocycles. The largest absolute Gasteiger partial charge is 0.359 e. The molecule has 0 radical (unpaired) electrons. The van der Waals surface area contributed by atoms with Crippen molar-refractivity contribution in [3.05, 3.63) is 60.2 Å². The molecule has 25 heavy (non-hydrogen) atoms. The molecule has 0 aromatic heterocycles. The first kappa shape index (κ1) is 16.9. The molecule has 2 aromatic carbocycles. The van der Waals surface area contributed by atoms with Crippen LogP contribution in [0.25, 0.3) is 0 Å². The first-order chi connectivity index (χ1) is 12.3. The Morgan fingerprint density at radius 3 is 2.48 bits per heavy atom. The minimum atomic E-state index is 0.584. The average Bonchev–Trinajstić information content (AvgIpc) is 3.25. The van der Waals surface area contributed by atoms with Crippen molar-refractivity contribution in [3.8, 4) is 0 Å². The molecule has 4 heteroatoms. The maximum atomic E-state index is 5.51. The minimum absolute atomic E-state index is 0.584. The van der Waals surface area contributed by atoms with Crippen molar-refractivity contribution in [2.75, 3.05) is 5.32 Å². The van der Waals surface area contributed by atoms with E-state index >= 15 is 0 Å². The van der Waals surface area contributed by atoms with Gasteiger partial charge in [-0.05, 0) is 73.1 Å². The van der Waals surface area contributed by atoms with Crippen LogP contribution < -0.4 is 10.6 Å². The van der Waals surface area contributed by atoms with Gasteiger partial charge in [0, 0.05) is 22.4 Å². The Bertz CT molecular complexity index is 714. The van der Waals surface area contributed by atoms with Gasteiger partial charge in [0.2, 0.25) is 0 Å². The number of hydrogen-bond acceptors (Lipinski definition) is 2. The highest BCUT2D eigenvalue weighted by atomic mass is 32.2. The number of thiocarbonyl (C=S) groups is 1. The van der Waals surface area contributed by atoms with E-state index in [9.17, 15) is 0 Å². The Morgan fingerprint density at radius 2 is 1.80 bits per heavy atom. The lowest BCUT2D eigenvalue weighted by atomic mass is 9.96. The normalized spacial score (nSPS) is 24.2. The maximum Gasteiger partial charge on any atom is 0.171 e. The number of benzene rings is 2. The van der Waals surface area contributed by atoms with E-state index in [0.717, 1.165) is 28.4 Å². The molecule has 0 saturated heterocycles. The van der Waals surface area contributed by atoms with Gasteiger partial charge in [0.25, 0.3) is 0 Å².